The van der Waals surface area contributed by atoms with Gasteiger partial charge in [0, 0.05) is 12.0 Å². The fourth-order valence-electron chi connectivity index (χ4n) is 3.82. The Morgan fingerprint density at radius 1 is 1.09 bits per heavy atom. The molecule has 0 saturated heterocycles. The summed E-state index contributed by atoms with van der Waals surface area (Å²) in [6.45, 7) is 6.59. The first-order chi connectivity index (χ1) is 16.0. The molecule has 0 amide bonds. The molecule has 0 aliphatic carbocycles. The van der Waals surface area contributed by atoms with E-state index in [-0.39, 0.29) is 0 Å². The summed E-state index contributed by atoms with van der Waals surface area (Å²) in [5, 5.41) is 28.5. The molecular weight excluding hydrogens is 418 g/mol. The highest BCUT2D eigenvalue weighted by Crippen LogP contribution is 2.30. The molecule has 0 aliphatic heterocycles. The third kappa shape index (κ3) is 4.97. The number of carbonyl (C=O) groups is 1. The molecule has 0 aliphatic rings. The second kappa shape index (κ2) is 9.72. The van der Waals surface area contributed by atoms with Gasteiger partial charge < -0.3 is 5.11 Å². The summed E-state index contributed by atoms with van der Waals surface area (Å²) in [5.41, 5.74) is 4.01. The van der Waals surface area contributed by atoms with Crippen molar-refractivity contribution in [2.24, 2.45) is 5.92 Å². The predicted octanol–water partition coefficient (Wildman–Crippen LogP) is 3.95. The van der Waals surface area contributed by atoms with Crippen molar-refractivity contribution in [2.45, 2.75) is 46.1 Å². The molecule has 1 atom stereocenters. The maximum atomic E-state index is 11.6. The number of nitrogens with one attached hydrogen (secondary N) is 1. The first kappa shape index (κ1) is 22.3. The van der Waals surface area contributed by atoms with Crippen LogP contribution in [0.5, 0.6) is 0 Å². The number of nitrogens with zero attached hydrogens (tertiary/aromatic N) is 6. The van der Waals surface area contributed by atoms with Gasteiger partial charge >= 0.3 is 5.97 Å². The van der Waals surface area contributed by atoms with Crippen LogP contribution in [0.1, 0.15) is 50.3 Å². The third-order valence-electron chi connectivity index (χ3n) is 5.48. The van der Waals surface area contributed by atoms with E-state index in [2.05, 4.69) is 68.8 Å². The Morgan fingerprint density at radius 3 is 2.42 bits per heavy atom. The fraction of sp³-hybridized carbons (Fsp3) is 0.333. The Morgan fingerprint density at radius 2 is 1.82 bits per heavy atom. The Balaban J connectivity index is 1.61. The van der Waals surface area contributed by atoms with Crippen LogP contribution in [0.3, 0.4) is 0 Å². The number of aliphatic carboxylic acids is 1. The van der Waals surface area contributed by atoms with Crippen molar-refractivity contribution < 1.29 is 9.90 Å². The lowest BCUT2D eigenvalue weighted by molar-refractivity contribution is -0.139. The number of hydrogen-bond donors (Lipinski definition) is 2. The van der Waals surface area contributed by atoms with E-state index in [1.807, 2.05) is 35.9 Å². The van der Waals surface area contributed by atoms with Gasteiger partial charge in [0.25, 0.3) is 0 Å². The molecule has 170 valence electrons. The zero-order valence-corrected chi connectivity index (χ0v) is 18.9. The van der Waals surface area contributed by atoms with E-state index in [9.17, 15) is 9.90 Å². The number of aromatic nitrogens is 7. The molecule has 0 spiro atoms. The topological polar surface area (TPSA) is 122 Å². The summed E-state index contributed by atoms with van der Waals surface area (Å²) >= 11 is 0. The lowest BCUT2D eigenvalue weighted by atomic mass is 9.98. The van der Waals surface area contributed by atoms with Gasteiger partial charge in [-0.3, -0.25) is 4.79 Å². The molecular formula is C24H27N7O2. The average molecular weight is 446 g/mol. The largest absolute Gasteiger partial charge is 0.481 e. The van der Waals surface area contributed by atoms with Crippen molar-refractivity contribution in [3.63, 3.8) is 0 Å². The van der Waals surface area contributed by atoms with Crippen LogP contribution in [-0.4, -0.2) is 46.5 Å². The minimum atomic E-state index is -0.893. The monoisotopic (exact) mass is 445 g/mol. The second-order valence-corrected chi connectivity index (χ2v) is 8.42. The van der Waals surface area contributed by atoms with Gasteiger partial charge in [0.2, 0.25) is 5.82 Å². The van der Waals surface area contributed by atoms with Crippen LogP contribution in [0.2, 0.25) is 0 Å². The van der Waals surface area contributed by atoms with Crippen molar-refractivity contribution in [2.75, 3.05) is 0 Å². The molecule has 4 aromatic rings. The Hall–Kier alpha value is -3.88. The molecule has 9 nitrogen and oxygen atoms in total. The molecule has 9 heteroatoms. The van der Waals surface area contributed by atoms with Gasteiger partial charge in [-0.25, -0.2) is 9.67 Å². The molecule has 1 unspecified atom stereocenters. The quantitative estimate of drug-likeness (QED) is 0.400. The maximum absolute atomic E-state index is 11.6. The average Bonchev–Trinajstić information content (AvgIpc) is 3.45. The molecule has 2 heterocycles. The zero-order valence-electron chi connectivity index (χ0n) is 18.9. The first-order valence-electron chi connectivity index (χ1n) is 11.0. The molecule has 2 aromatic heterocycles. The van der Waals surface area contributed by atoms with Crippen LogP contribution in [0.15, 0.2) is 48.5 Å². The second-order valence-electron chi connectivity index (χ2n) is 8.42. The molecule has 33 heavy (non-hydrogen) atoms. The molecule has 0 saturated carbocycles. The summed E-state index contributed by atoms with van der Waals surface area (Å²) in [7, 11) is 0. The molecule has 0 fully saturated rings. The Bertz CT molecular complexity index is 1210. The van der Waals surface area contributed by atoms with Gasteiger partial charge in [0.15, 0.2) is 5.82 Å². The van der Waals surface area contributed by atoms with E-state index in [0.717, 1.165) is 34.5 Å². The molecule has 2 N–H and O–H groups in total. The Labute approximate surface area is 191 Å². The van der Waals surface area contributed by atoms with E-state index >= 15 is 0 Å². The summed E-state index contributed by atoms with van der Waals surface area (Å²) in [4.78, 5) is 16.2. The number of benzene rings is 2. The van der Waals surface area contributed by atoms with Gasteiger partial charge in [0.1, 0.15) is 11.7 Å². The lowest BCUT2D eigenvalue weighted by Crippen LogP contribution is -2.13. The van der Waals surface area contributed by atoms with Crippen LogP contribution in [0, 0.1) is 5.92 Å². The van der Waals surface area contributed by atoms with Crippen molar-refractivity contribution in [1.29, 1.82) is 0 Å². The van der Waals surface area contributed by atoms with Crippen LogP contribution in [0.4, 0.5) is 0 Å². The van der Waals surface area contributed by atoms with Crippen LogP contribution in [-0.2, 0) is 17.8 Å². The lowest BCUT2D eigenvalue weighted by Gasteiger charge is -2.10. The first-order valence-corrected chi connectivity index (χ1v) is 11.0. The van der Waals surface area contributed by atoms with Crippen LogP contribution >= 0.6 is 0 Å². The number of aromatic amines is 1. The third-order valence-corrected chi connectivity index (χ3v) is 5.48. The number of carboxylic acids is 1. The van der Waals surface area contributed by atoms with Crippen molar-refractivity contribution in [1.82, 2.24) is 35.4 Å². The van der Waals surface area contributed by atoms with E-state index in [0.29, 0.717) is 30.5 Å². The number of H-pyrrole nitrogens is 1. The SMILES string of the molecule is CCC(C(=O)O)c1nc(CC(C)C)n(Cc2ccc(-c3ccccc3-c3nn[nH]n3)cc2)n1. The molecule has 2 aromatic carbocycles. The molecule has 0 bridgehead atoms. The van der Waals surface area contributed by atoms with E-state index in [1.165, 1.54) is 0 Å². The molecule has 0 radical (unpaired) electrons. The van der Waals surface area contributed by atoms with Crippen molar-refractivity contribution >= 4 is 5.97 Å². The summed E-state index contributed by atoms with van der Waals surface area (Å²) < 4.78 is 1.84. The molecule has 4 rings (SSSR count). The van der Waals surface area contributed by atoms with Gasteiger partial charge in [-0.05, 0) is 34.2 Å². The van der Waals surface area contributed by atoms with Crippen LogP contribution in [0.25, 0.3) is 22.5 Å². The van der Waals surface area contributed by atoms with E-state index in [1.54, 1.807) is 0 Å². The summed E-state index contributed by atoms with van der Waals surface area (Å²) in [5.74, 6) is 0.538. The fourth-order valence-corrected chi connectivity index (χ4v) is 3.82. The zero-order chi connectivity index (χ0) is 23.4. The van der Waals surface area contributed by atoms with E-state index < -0.39 is 11.9 Å². The standard InChI is InChI=1S/C24H27N7O2/c1-4-18(24(32)33)22-25-21(13-15(2)3)31(28-22)14-16-9-11-17(12-10-16)19-7-5-6-8-20(19)23-26-29-30-27-23/h5-12,15,18H,4,13-14H2,1-3H3,(H,32,33)(H,26,27,29,30). The number of tetrazole rings is 1. The summed E-state index contributed by atoms with van der Waals surface area (Å²) in [6.07, 6.45) is 1.19. The van der Waals surface area contributed by atoms with Gasteiger partial charge in [0.05, 0.1) is 6.54 Å². The summed E-state index contributed by atoms with van der Waals surface area (Å²) in [6, 6.07) is 16.1. The Kier molecular flexibility index (Phi) is 6.58. The minimum Gasteiger partial charge on any atom is -0.481 e. The van der Waals surface area contributed by atoms with Gasteiger partial charge in [-0.2, -0.15) is 10.3 Å². The normalized spacial score (nSPS) is 12.2. The van der Waals surface area contributed by atoms with E-state index in [4.69, 9.17) is 0 Å². The highest BCUT2D eigenvalue weighted by Gasteiger charge is 2.24. The smallest absolute Gasteiger partial charge is 0.314 e. The highest BCUT2D eigenvalue weighted by atomic mass is 16.4. The van der Waals surface area contributed by atoms with Crippen molar-refractivity contribution in [3.05, 3.63) is 65.7 Å². The number of carboxylic acid groups (broad SMARTS) is 1. The minimum absolute atomic E-state index is 0.381. The van der Waals surface area contributed by atoms with Gasteiger partial charge in [-0.1, -0.05) is 69.3 Å². The highest BCUT2D eigenvalue weighted by molar-refractivity contribution is 5.80. The van der Waals surface area contributed by atoms with Gasteiger partial charge in [-0.15, -0.1) is 10.2 Å². The number of rotatable bonds is 9. The number of hydrogen-bond acceptors (Lipinski definition) is 6. The predicted molar refractivity (Wildman–Crippen MR) is 123 cm³/mol. The van der Waals surface area contributed by atoms with Crippen LogP contribution < -0.4 is 0 Å². The maximum Gasteiger partial charge on any atom is 0.314 e. The van der Waals surface area contributed by atoms with Crippen molar-refractivity contribution in [3.8, 4) is 22.5 Å².